The van der Waals surface area contributed by atoms with Crippen LogP contribution in [0.15, 0.2) is 33.7 Å². The molecular weight excluding hydrogens is 406 g/mol. The highest BCUT2D eigenvalue weighted by atomic mass is 79.9. The predicted molar refractivity (Wildman–Crippen MR) is 116 cm³/mol. The van der Waals surface area contributed by atoms with Gasteiger partial charge in [-0.25, -0.2) is 0 Å². The van der Waals surface area contributed by atoms with Gasteiger partial charge < -0.3 is 19.7 Å². The zero-order chi connectivity index (χ0) is 19.7. The van der Waals surface area contributed by atoms with Gasteiger partial charge in [0.2, 0.25) is 0 Å². The second-order valence-electron chi connectivity index (χ2n) is 7.73. The van der Waals surface area contributed by atoms with Crippen LogP contribution in [0.4, 0.5) is 0 Å². The molecule has 1 aromatic carbocycles. The third-order valence-corrected chi connectivity index (χ3v) is 5.48. The summed E-state index contributed by atoms with van der Waals surface area (Å²) in [6.45, 7) is 12.4. The molecule has 5 nitrogen and oxygen atoms in total. The number of benzene rings is 1. The normalized spacial score (nSPS) is 18.2. The van der Waals surface area contributed by atoms with Crippen LogP contribution in [-0.2, 0) is 14.9 Å². The molecule has 0 aromatic heterocycles. The number of ether oxygens (including phenoxy) is 2. The number of nitrogens with zero attached hydrogens (tertiary/aromatic N) is 2. The zero-order valence-corrected chi connectivity index (χ0v) is 18.7. The molecule has 27 heavy (non-hydrogen) atoms. The van der Waals surface area contributed by atoms with E-state index in [2.05, 4.69) is 71.2 Å². The summed E-state index contributed by atoms with van der Waals surface area (Å²) in [5.41, 5.74) is 1.29. The summed E-state index contributed by atoms with van der Waals surface area (Å²) in [7, 11) is 1.70. The van der Waals surface area contributed by atoms with Crippen molar-refractivity contribution in [2.45, 2.75) is 32.6 Å². The smallest absolute Gasteiger partial charge is 0.193 e. The van der Waals surface area contributed by atoms with E-state index in [0.29, 0.717) is 19.1 Å². The van der Waals surface area contributed by atoms with Gasteiger partial charge in [-0.15, -0.1) is 0 Å². The molecule has 1 N–H and O–H groups in total. The molecule has 1 aliphatic rings. The molecule has 1 aliphatic heterocycles. The van der Waals surface area contributed by atoms with Crippen LogP contribution in [0.5, 0.6) is 0 Å². The van der Waals surface area contributed by atoms with Gasteiger partial charge in [-0.3, -0.25) is 4.99 Å². The fourth-order valence-corrected chi connectivity index (χ4v) is 3.51. The van der Waals surface area contributed by atoms with E-state index in [-0.39, 0.29) is 5.41 Å². The van der Waals surface area contributed by atoms with Gasteiger partial charge >= 0.3 is 0 Å². The Bertz CT molecular complexity index is 590. The first-order chi connectivity index (χ1) is 13.0. The summed E-state index contributed by atoms with van der Waals surface area (Å²) in [4.78, 5) is 7.34. The number of nitrogens with one attached hydrogen (secondary N) is 1. The first-order valence-electron chi connectivity index (χ1n) is 9.82. The Morgan fingerprint density at radius 2 is 2.04 bits per heavy atom. The van der Waals surface area contributed by atoms with Crippen molar-refractivity contribution in [3.05, 3.63) is 34.3 Å². The minimum atomic E-state index is -0.0102. The van der Waals surface area contributed by atoms with Crippen molar-refractivity contribution in [2.24, 2.45) is 10.9 Å². The molecule has 1 fully saturated rings. The van der Waals surface area contributed by atoms with Crippen molar-refractivity contribution in [3.63, 3.8) is 0 Å². The minimum absolute atomic E-state index is 0.0102. The lowest BCUT2D eigenvalue weighted by molar-refractivity contribution is 0.0536. The van der Waals surface area contributed by atoms with Gasteiger partial charge in [0.05, 0.1) is 26.4 Å². The first-order valence-corrected chi connectivity index (χ1v) is 10.6. The van der Waals surface area contributed by atoms with Crippen LogP contribution >= 0.6 is 15.9 Å². The van der Waals surface area contributed by atoms with Crippen LogP contribution in [0.3, 0.4) is 0 Å². The summed E-state index contributed by atoms with van der Waals surface area (Å²) in [6, 6.07) is 8.55. The van der Waals surface area contributed by atoms with E-state index >= 15 is 0 Å². The average molecular weight is 440 g/mol. The lowest BCUT2D eigenvalue weighted by atomic mass is 9.85. The van der Waals surface area contributed by atoms with Gasteiger partial charge in [-0.2, -0.15) is 0 Å². The SMILES string of the molecule is CCNC(=NCC(C)(C)c1ccc(Br)cc1)N1CCC(COCCOC)C1. The van der Waals surface area contributed by atoms with Gasteiger partial charge in [-0.05, 0) is 31.0 Å². The lowest BCUT2D eigenvalue weighted by Gasteiger charge is -2.26. The molecule has 0 spiro atoms. The molecule has 1 unspecified atom stereocenters. The van der Waals surface area contributed by atoms with Crippen LogP contribution in [0.2, 0.25) is 0 Å². The van der Waals surface area contributed by atoms with Crippen molar-refractivity contribution in [3.8, 4) is 0 Å². The Labute approximate surface area is 172 Å². The van der Waals surface area contributed by atoms with Crippen LogP contribution in [-0.4, -0.2) is 64.0 Å². The standard InChI is InChI=1S/C21H34BrN3O2/c1-5-23-20(25-11-10-17(14-25)15-27-13-12-26-4)24-16-21(2,3)18-6-8-19(22)9-7-18/h6-9,17H,5,10-16H2,1-4H3,(H,23,24). The maximum absolute atomic E-state index is 5.71. The van der Waals surface area contributed by atoms with E-state index in [9.17, 15) is 0 Å². The maximum atomic E-state index is 5.71. The second kappa shape index (κ2) is 11.0. The number of rotatable bonds is 9. The number of hydrogen-bond acceptors (Lipinski definition) is 3. The summed E-state index contributed by atoms with van der Waals surface area (Å²) >= 11 is 3.51. The van der Waals surface area contributed by atoms with Crippen molar-refractivity contribution in [2.75, 3.05) is 53.1 Å². The molecule has 0 saturated carbocycles. The highest BCUT2D eigenvalue weighted by Gasteiger charge is 2.26. The Morgan fingerprint density at radius 3 is 2.70 bits per heavy atom. The Hall–Kier alpha value is -1.11. The number of hydrogen-bond donors (Lipinski definition) is 1. The summed E-state index contributed by atoms with van der Waals surface area (Å²) < 4.78 is 11.9. The number of aliphatic imine (C=N–C) groups is 1. The molecule has 0 aliphatic carbocycles. The largest absolute Gasteiger partial charge is 0.382 e. The number of likely N-dealkylation sites (tertiary alicyclic amines) is 1. The number of methoxy groups -OCH3 is 1. The van der Waals surface area contributed by atoms with Gasteiger partial charge in [0.1, 0.15) is 0 Å². The molecular formula is C21H34BrN3O2. The molecule has 0 radical (unpaired) electrons. The fourth-order valence-electron chi connectivity index (χ4n) is 3.24. The van der Waals surface area contributed by atoms with E-state index < -0.39 is 0 Å². The van der Waals surface area contributed by atoms with E-state index in [1.807, 2.05) is 0 Å². The predicted octanol–water partition coefficient (Wildman–Crippen LogP) is 3.68. The zero-order valence-electron chi connectivity index (χ0n) is 17.1. The van der Waals surface area contributed by atoms with Gasteiger partial charge in [-0.1, -0.05) is 41.9 Å². The molecule has 2 rings (SSSR count). The molecule has 1 aromatic rings. The quantitative estimate of drug-likeness (QED) is 0.362. The van der Waals surface area contributed by atoms with Crippen molar-refractivity contribution < 1.29 is 9.47 Å². The summed E-state index contributed by atoms with van der Waals surface area (Å²) in [5, 5.41) is 3.46. The molecule has 0 amide bonds. The monoisotopic (exact) mass is 439 g/mol. The van der Waals surface area contributed by atoms with E-state index in [4.69, 9.17) is 14.5 Å². The topological polar surface area (TPSA) is 46.1 Å². The van der Waals surface area contributed by atoms with Crippen LogP contribution < -0.4 is 5.32 Å². The summed E-state index contributed by atoms with van der Waals surface area (Å²) in [5.74, 6) is 1.58. The highest BCUT2D eigenvalue weighted by molar-refractivity contribution is 9.10. The average Bonchev–Trinajstić information content (AvgIpc) is 3.11. The molecule has 152 valence electrons. The Morgan fingerprint density at radius 1 is 1.30 bits per heavy atom. The molecule has 6 heteroatoms. The Kier molecular flexibility index (Phi) is 9.06. The highest BCUT2D eigenvalue weighted by Crippen LogP contribution is 2.25. The summed E-state index contributed by atoms with van der Waals surface area (Å²) in [6.07, 6.45) is 1.15. The van der Waals surface area contributed by atoms with E-state index in [0.717, 1.165) is 49.6 Å². The van der Waals surface area contributed by atoms with Crippen molar-refractivity contribution in [1.29, 1.82) is 0 Å². The van der Waals surface area contributed by atoms with Gasteiger partial charge in [0, 0.05) is 42.5 Å². The first kappa shape index (κ1) is 22.2. The maximum Gasteiger partial charge on any atom is 0.193 e. The molecule has 1 saturated heterocycles. The third-order valence-electron chi connectivity index (χ3n) is 4.96. The molecule has 1 atom stereocenters. The number of halogens is 1. The lowest BCUT2D eigenvalue weighted by Crippen LogP contribution is -2.41. The van der Waals surface area contributed by atoms with Crippen LogP contribution in [0.1, 0.15) is 32.8 Å². The second-order valence-corrected chi connectivity index (χ2v) is 8.65. The van der Waals surface area contributed by atoms with Crippen molar-refractivity contribution in [1.82, 2.24) is 10.2 Å². The van der Waals surface area contributed by atoms with Gasteiger partial charge in [0.25, 0.3) is 0 Å². The van der Waals surface area contributed by atoms with E-state index in [1.165, 1.54) is 5.56 Å². The van der Waals surface area contributed by atoms with Crippen molar-refractivity contribution >= 4 is 21.9 Å². The van der Waals surface area contributed by atoms with Gasteiger partial charge in [0.15, 0.2) is 5.96 Å². The van der Waals surface area contributed by atoms with Crippen LogP contribution in [0.25, 0.3) is 0 Å². The van der Waals surface area contributed by atoms with E-state index in [1.54, 1.807) is 7.11 Å². The third kappa shape index (κ3) is 7.09. The van der Waals surface area contributed by atoms with Crippen LogP contribution in [0, 0.1) is 5.92 Å². The minimum Gasteiger partial charge on any atom is -0.382 e. The Balaban J connectivity index is 1.94. The molecule has 1 heterocycles. The number of guanidine groups is 1. The molecule has 0 bridgehead atoms. The fraction of sp³-hybridized carbons (Fsp3) is 0.667.